The van der Waals surface area contributed by atoms with Gasteiger partial charge in [-0.1, -0.05) is 0 Å². The van der Waals surface area contributed by atoms with Crippen LogP contribution in [0.2, 0.25) is 0 Å². The number of amides is 4. The molecule has 4 amide bonds. The Morgan fingerprint density at radius 3 is 1.04 bits per heavy atom. The van der Waals surface area contributed by atoms with Gasteiger partial charge in [-0.05, 0) is 228 Å². The van der Waals surface area contributed by atoms with E-state index in [0.717, 1.165) is 227 Å². The summed E-state index contributed by atoms with van der Waals surface area (Å²) in [5.74, 6) is -0.762. The van der Waals surface area contributed by atoms with Gasteiger partial charge in [0.1, 0.15) is 10.0 Å². The second-order valence-electron chi connectivity index (χ2n) is 39.1. The molecule has 148 heavy (non-hydrogen) atoms. The Morgan fingerprint density at radius 2 is 0.730 bits per heavy atom. The Kier molecular flexibility index (Phi) is 32.5. The molecule has 5 aliphatic rings. The summed E-state index contributed by atoms with van der Waals surface area (Å²) in [6, 6.07) is 24.2. The molecule has 16 aromatic heterocycles. The minimum absolute atomic E-state index is 0.0790. The highest BCUT2D eigenvalue weighted by Gasteiger charge is 2.34. The maximum Gasteiger partial charge on any atom is 0.253 e. The summed E-state index contributed by atoms with van der Waals surface area (Å²) in [5.41, 5.74) is 32.6. The third-order valence-electron chi connectivity index (χ3n) is 29.3. The Balaban J connectivity index is 0.000000129. The molecule has 9 N–H and O–H groups in total. The first-order chi connectivity index (χ1) is 71.3. The SMILES string of the molecule is Cc1cc(C)c(CNC(=O)c2cc3cc(-c4cncs4)cn3c(C(C)N3CCOCC3)c2C)c(=O)[nH]1.Cc1cc(C)c(CNC(=O)c2cc3cc(-c4cscn4)cn3c(C(C)N3CCOCC3)c2C)c(=O)[nH]1.Cc1cc(C)c(CNC(=O)c2cc3cc(-c4nc5c(s4)CNCC5)cn3c(C(C)N3CCOCC3)c2C)c(=O)[nH]1.Cc1cc(C)c(CNC(=O)c2cc3cc(-c4nccs4)cn3c(C(C)N3CCOCC3)c2C)c(=O)[nH]1. The molecular formula is C111H129N21O12S4. The van der Waals surface area contributed by atoms with Crippen LogP contribution in [0, 0.1) is 83.1 Å². The molecule has 4 saturated heterocycles. The minimum atomic E-state index is -0.193. The summed E-state index contributed by atoms with van der Waals surface area (Å²) < 4.78 is 31.1. The first kappa shape index (κ1) is 105. The topological polar surface area (TPSA) is 379 Å². The number of hydrogen-bond donors (Lipinski definition) is 9. The van der Waals surface area contributed by atoms with Crippen molar-refractivity contribution in [2.24, 2.45) is 0 Å². The van der Waals surface area contributed by atoms with Crippen LogP contribution in [-0.4, -0.2) is 212 Å². The number of ether oxygens (including phenoxy) is 4. The maximum absolute atomic E-state index is 13.6. The van der Waals surface area contributed by atoms with Crippen molar-refractivity contribution >= 4 is 91.0 Å². The fraction of sp³-hybridized carbons (Fsp3) is 0.387. The molecule has 0 spiro atoms. The van der Waals surface area contributed by atoms with E-state index in [1.807, 2.05) is 160 Å². The summed E-state index contributed by atoms with van der Waals surface area (Å²) in [6.07, 6.45) is 13.2. The van der Waals surface area contributed by atoms with Gasteiger partial charge in [0.25, 0.3) is 45.9 Å². The first-order valence-electron chi connectivity index (χ1n) is 50.5. The molecule has 4 fully saturated rings. The van der Waals surface area contributed by atoms with Crippen LogP contribution in [0.4, 0.5) is 0 Å². The number of aryl methyl sites for hydroxylation is 8. The summed E-state index contributed by atoms with van der Waals surface area (Å²) in [4.78, 5) is 145. The summed E-state index contributed by atoms with van der Waals surface area (Å²) in [5, 5.41) is 21.4. The third-order valence-corrected chi connectivity index (χ3v) is 32.7. The van der Waals surface area contributed by atoms with Crippen LogP contribution in [-0.2, 0) is 58.1 Å². The lowest BCUT2D eigenvalue weighted by Crippen LogP contribution is -2.39. The van der Waals surface area contributed by atoms with Gasteiger partial charge in [-0.15, -0.1) is 45.3 Å². The van der Waals surface area contributed by atoms with Crippen LogP contribution in [0.1, 0.15) is 216 Å². The molecule has 4 unspecified atom stereocenters. The monoisotopic (exact) mass is 2080 g/mol. The normalized spacial score (nSPS) is 15.7. The predicted octanol–water partition coefficient (Wildman–Crippen LogP) is 15.6. The average Bonchev–Trinajstić information content (AvgIpc) is 1.58. The summed E-state index contributed by atoms with van der Waals surface area (Å²) in [7, 11) is 0. The average molecular weight is 2080 g/mol. The van der Waals surface area contributed by atoms with Gasteiger partial charge in [-0.25, -0.2) is 15.0 Å². The van der Waals surface area contributed by atoms with E-state index in [1.54, 1.807) is 51.5 Å². The number of aromatic nitrogens is 12. The van der Waals surface area contributed by atoms with Crippen molar-refractivity contribution in [1.29, 1.82) is 0 Å². The van der Waals surface area contributed by atoms with Crippen LogP contribution in [0.3, 0.4) is 0 Å². The molecule has 0 aliphatic carbocycles. The maximum atomic E-state index is 13.6. The Bertz CT molecular complexity index is 7310. The molecule has 0 radical (unpaired) electrons. The van der Waals surface area contributed by atoms with Crippen molar-refractivity contribution < 1.29 is 38.1 Å². The van der Waals surface area contributed by atoms with Crippen molar-refractivity contribution in [3.63, 3.8) is 0 Å². The lowest BCUT2D eigenvalue weighted by molar-refractivity contribution is 0.0187. The predicted molar refractivity (Wildman–Crippen MR) is 582 cm³/mol. The van der Waals surface area contributed by atoms with Gasteiger partial charge in [0.05, 0.1) is 80.1 Å². The van der Waals surface area contributed by atoms with Gasteiger partial charge in [-0.3, -0.25) is 62.9 Å². The number of hydrogen-bond acceptors (Lipinski definition) is 25. The number of rotatable bonds is 24. The highest BCUT2D eigenvalue weighted by atomic mass is 32.1. The fourth-order valence-electron chi connectivity index (χ4n) is 21.3. The zero-order valence-electron chi connectivity index (χ0n) is 86.7. The number of aromatic amines is 4. The quantitative estimate of drug-likeness (QED) is 0.0271. The Hall–Kier alpha value is -13.1. The van der Waals surface area contributed by atoms with Crippen molar-refractivity contribution in [1.82, 2.24) is 104 Å². The van der Waals surface area contributed by atoms with Crippen molar-refractivity contribution in [3.05, 3.63) is 318 Å². The van der Waals surface area contributed by atoms with E-state index in [4.69, 9.17) is 23.9 Å². The Morgan fingerprint density at radius 1 is 0.399 bits per heavy atom. The van der Waals surface area contributed by atoms with E-state index in [9.17, 15) is 38.4 Å². The largest absolute Gasteiger partial charge is 0.379 e. The number of nitrogens with zero attached hydrogens (tertiary/aromatic N) is 12. The van der Waals surface area contributed by atoms with E-state index in [-0.39, 0.29) is 96.2 Å². The zero-order chi connectivity index (χ0) is 104. The van der Waals surface area contributed by atoms with Gasteiger partial charge >= 0.3 is 0 Å². The van der Waals surface area contributed by atoms with E-state index in [2.05, 4.69) is 175 Å². The van der Waals surface area contributed by atoms with E-state index < -0.39 is 0 Å². The number of pyridine rings is 8. The number of morpholine rings is 4. The minimum Gasteiger partial charge on any atom is -0.379 e. The summed E-state index contributed by atoms with van der Waals surface area (Å²) >= 11 is 6.49. The smallest absolute Gasteiger partial charge is 0.253 e. The van der Waals surface area contributed by atoms with Crippen molar-refractivity contribution in [2.75, 3.05) is 112 Å². The van der Waals surface area contributed by atoms with E-state index >= 15 is 0 Å². The van der Waals surface area contributed by atoms with Crippen LogP contribution in [0.5, 0.6) is 0 Å². The van der Waals surface area contributed by atoms with Crippen molar-refractivity contribution in [2.45, 2.75) is 174 Å². The number of thiazole rings is 4. The van der Waals surface area contributed by atoms with E-state index in [0.29, 0.717) is 97.4 Å². The molecule has 37 heteroatoms. The van der Waals surface area contributed by atoms with Crippen LogP contribution >= 0.6 is 45.3 Å². The standard InChI is InChI=1S/C30H36N6O3S.3C27H31N5O3S/c1-17-11-18(2)33-29(38)24(17)14-32-28(37)23-13-22-12-21(30-34-25-5-6-31-15-26(25)40-30)16-36(22)27(19(23)3)20(4)35-7-9-39-10-8-35;1-16-11-17(2)30-26(34)23(16)14-29-25(33)22-13-21-12-20(27-28-5-10-36-27)15-32(21)24(18(22)3)19(4)31-6-8-35-9-7-31;1-16-9-17(2)30-27(34)23(16)12-29-26(33)22-11-21-10-20(24-13-28-15-36-24)14-32(21)25(18(22)3)19(4)31-5-7-35-8-6-31;1-16-9-17(2)30-27(34)23(16)12-28-26(33)22-11-21-10-20(24-14-36-15-29-24)13-32(21)25(18(22)3)19(4)31-5-7-35-8-6-31/h11-13,16,20,31H,5-10,14-15H2,1-4H3,(H,32,37)(H,33,38);5,10-13,15,19H,6-9,14H2,1-4H3,(H,29,33)(H,30,34);9-11,13-15,19H,5-8,12H2,1-4H3,(H,29,33)(H,30,34);9-11,13-15,19H,5-8,12H2,1-4H3,(H,28,33)(H,30,34). The molecule has 0 aromatic carbocycles. The second-order valence-corrected chi connectivity index (χ2v) is 42.6. The number of carbonyl (C=O) groups excluding carboxylic acids is 4. The highest BCUT2D eigenvalue weighted by molar-refractivity contribution is 7.15. The molecular weight excluding hydrogens is 1950 g/mol. The van der Waals surface area contributed by atoms with Gasteiger partial charge in [-0.2, -0.15) is 0 Å². The second kappa shape index (κ2) is 45.9. The van der Waals surface area contributed by atoms with Crippen LogP contribution in [0.15, 0.2) is 151 Å². The van der Waals surface area contributed by atoms with Gasteiger partial charge in [0, 0.05) is 309 Å². The van der Waals surface area contributed by atoms with Crippen LogP contribution in [0.25, 0.3) is 64.9 Å². The molecule has 4 atom stereocenters. The number of fused-ring (bicyclic) bond motifs is 5. The molecule has 0 saturated carbocycles. The molecule has 774 valence electrons. The molecule has 33 nitrogen and oxygen atoms in total. The first-order valence-corrected chi connectivity index (χ1v) is 54.0. The number of carbonyl (C=O) groups is 4. The zero-order valence-corrected chi connectivity index (χ0v) is 89.9. The highest BCUT2D eigenvalue weighted by Crippen LogP contribution is 2.40. The van der Waals surface area contributed by atoms with E-state index in [1.165, 1.54) is 10.6 Å². The lowest BCUT2D eigenvalue weighted by Gasteiger charge is -2.34. The van der Waals surface area contributed by atoms with Crippen molar-refractivity contribution in [3.8, 4) is 42.8 Å². The molecule has 0 bridgehead atoms. The summed E-state index contributed by atoms with van der Waals surface area (Å²) in [6.45, 7) is 46.7. The third kappa shape index (κ3) is 22.7. The number of nitrogens with one attached hydrogen (secondary N) is 9. The van der Waals surface area contributed by atoms with Crippen LogP contribution < -0.4 is 48.8 Å². The Labute approximate surface area is 874 Å². The molecule has 5 aliphatic heterocycles. The number of H-pyrrole nitrogens is 4. The molecule has 21 rings (SSSR count). The van der Waals surface area contributed by atoms with Gasteiger partial charge < -0.3 is 83.1 Å². The lowest BCUT2D eigenvalue weighted by atomic mass is 10.0. The van der Waals surface area contributed by atoms with Gasteiger partial charge in [0.2, 0.25) is 0 Å². The van der Waals surface area contributed by atoms with Gasteiger partial charge in [0.15, 0.2) is 0 Å². The fourth-order valence-corrected chi connectivity index (χ4v) is 24.2. The molecule has 16 aromatic rings. The molecule has 21 heterocycles.